The molecule has 1 aliphatic carbocycles. The van der Waals surface area contributed by atoms with E-state index in [2.05, 4.69) is 4.90 Å². The Morgan fingerprint density at radius 2 is 1.58 bits per heavy atom. The highest BCUT2D eigenvalue weighted by atomic mass is 16.3. The predicted molar refractivity (Wildman–Crippen MR) is 101 cm³/mol. The van der Waals surface area contributed by atoms with Crippen LogP contribution in [0.3, 0.4) is 0 Å². The summed E-state index contributed by atoms with van der Waals surface area (Å²) in [5.41, 5.74) is 1.22. The Labute approximate surface area is 154 Å². The third-order valence-electron chi connectivity index (χ3n) is 6.16. The molecule has 0 radical (unpaired) electrons. The van der Waals surface area contributed by atoms with Gasteiger partial charge in [-0.25, -0.2) is 0 Å². The summed E-state index contributed by atoms with van der Waals surface area (Å²) in [5.74, 6) is 1.29. The highest BCUT2D eigenvalue weighted by Crippen LogP contribution is 2.48. The molecule has 2 aliphatic rings. The van der Waals surface area contributed by atoms with Crippen molar-refractivity contribution in [1.29, 1.82) is 0 Å². The molecule has 1 aliphatic heterocycles. The zero-order valence-electron chi connectivity index (χ0n) is 15.0. The van der Waals surface area contributed by atoms with Gasteiger partial charge in [-0.1, -0.05) is 42.5 Å². The second-order valence-electron chi connectivity index (χ2n) is 7.98. The molecule has 2 unspecified atom stereocenters. The summed E-state index contributed by atoms with van der Waals surface area (Å²) < 4.78 is 0. The number of phenols is 1. The molecule has 4 heteroatoms. The highest BCUT2D eigenvalue weighted by Gasteiger charge is 2.48. The summed E-state index contributed by atoms with van der Waals surface area (Å²) in [5, 5.41) is 30.8. The van der Waals surface area contributed by atoms with Crippen LogP contribution in [0.25, 0.3) is 0 Å². The van der Waals surface area contributed by atoms with Crippen molar-refractivity contribution < 1.29 is 15.3 Å². The molecule has 0 amide bonds. The van der Waals surface area contributed by atoms with E-state index in [1.807, 2.05) is 30.3 Å². The molecule has 2 aromatic rings. The molecular formula is C22H27NO3. The number of aliphatic hydroxyl groups excluding tert-OH is 1. The van der Waals surface area contributed by atoms with Crippen LogP contribution in [-0.4, -0.2) is 39.9 Å². The number of likely N-dealkylation sites (tertiary alicyclic amines) is 1. The largest absolute Gasteiger partial charge is 0.508 e. The first-order valence-corrected chi connectivity index (χ1v) is 9.51. The van der Waals surface area contributed by atoms with Gasteiger partial charge >= 0.3 is 0 Å². The third kappa shape index (κ3) is 3.50. The Bertz CT molecular complexity index is 717. The Balaban J connectivity index is 1.30. The minimum absolute atomic E-state index is 0.222. The summed E-state index contributed by atoms with van der Waals surface area (Å²) >= 11 is 0. The number of hydrogen-bond donors (Lipinski definition) is 3. The number of fused-ring (bicyclic) bond motifs is 1. The number of aliphatic hydroxyl groups is 2. The SMILES string of the molecule is Oc1ccc(C(O)CCN2C[C@@H]3CC(O)(c4ccccc4)C[C@@H]3C2)cc1. The van der Waals surface area contributed by atoms with Crippen molar-refractivity contribution in [3.63, 3.8) is 0 Å². The fourth-order valence-electron chi connectivity index (χ4n) is 4.78. The van der Waals surface area contributed by atoms with Gasteiger partial charge < -0.3 is 20.2 Å². The minimum Gasteiger partial charge on any atom is -0.508 e. The van der Waals surface area contributed by atoms with Gasteiger partial charge in [0.25, 0.3) is 0 Å². The molecule has 4 atom stereocenters. The maximum atomic E-state index is 11.1. The number of phenolic OH excluding ortho intramolecular Hbond substituents is 1. The lowest BCUT2D eigenvalue weighted by molar-refractivity contribution is 0.0306. The lowest BCUT2D eigenvalue weighted by Gasteiger charge is -2.26. The molecule has 138 valence electrons. The first-order chi connectivity index (χ1) is 12.5. The second kappa shape index (κ2) is 7.03. The van der Waals surface area contributed by atoms with E-state index in [0.717, 1.165) is 43.6 Å². The molecule has 26 heavy (non-hydrogen) atoms. The van der Waals surface area contributed by atoms with Gasteiger partial charge in [-0.05, 0) is 54.4 Å². The highest BCUT2D eigenvalue weighted by molar-refractivity contribution is 5.27. The third-order valence-corrected chi connectivity index (χ3v) is 6.16. The van der Waals surface area contributed by atoms with Gasteiger partial charge in [0.2, 0.25) is 0 Å². The fraction of sp³-hybridized carbons (Fsp3) is 0.455. The van der Waals surface area contributed by atoms with Gasteiger partial charge in [0.1, 0.15) is 5.75 Å². The van der Waals surface area contributed by atoms with E-state index in [1.54, 1.807) is 24.3 Å². The van der Waals surface area contributed by atoms with Gasteiger partial charge in [-0.3, -0.25) is 0 Å². The Hall–Kier alpha value is -1.88. The average molecular weight is 353 g/mol. The lowest BCUT2D eigenvalue weighted by Crippen LogP contribution is -2.29. The molecule has 2 fully saturated rings. The smallest absolute Gasteiger partial charge is 0.115 e. The average Bonchev–Trinajstić information content (AvgIpc) is 3.16. The van der Waals surface area contributed by atoms with E-state index in [0.29, 0.717) is 18.3 Å². The van der Waals surface area contributed by atoms with Crippen molar-refractivity contribution in [2.24, 2.45) is 11.8 Å². The molecule has 4 nitrogen and oxygen atoms in total. The van der Waals surface area contributed by atoms with Crippen LogP contribution in [-0.2, 0) is 5.60 Å². The Morgan fingerprint density at radius 1 is 0.962 bits per heavy atom. The Morgan fingerprint density at radius 3 is 2.19 bits per heavy atom. The molecule has 3 N–H and O–H groups in total. The number of rotatable bonds is 5. The van der Waals surface area contributed by atoms with E-state index >= 15 is 0 Å². The number of hydrogen-bond acceptors (Lipinski definition) is 4. The molecule has 1 saturated heterocycles. The maximum Gasteiger partial charge on any atom is 0.115 e. The van der Waals surface area contributed by atoms with Crippen LogP contribution < -0.4 is 0 Å². The molecule has 4 rings (SSSR count). The normalized spacial score (nSPS) is 29.6. The molecule has 1 heterocycles. The van der Waals surface area contributed by atoms with Crippen LogP contribution in [0, 0.1) is 11.8 Å². The van der Waals surface area contributed by atoms with Gasteiger partial charge in [-0.15, -0.1) is 0 Å². The maximum absolute atomic E-state index is 11.1. The first-order valence-electron chi connectivity index (χ1n) is 9.51. The number of benzene rings is 2. The fourth-order valence-corrected chi connectivity index (χ4v) is 4.78. The summed E-state index contributed by atoms with van der Waals surface area (Å²) in [6.07, 6.45) is 1.85. The van der Waals surface area contributed by atoms with Gasteiger partial charge in [0.15, 0.2) is 0 Å². The van der Waals surface area contributed by atoms with E-state index in [-0.39, 0.29) is 5.75 Å². The van der Waals surface area contributed by atoms with Crippen molar-refractivity contribution in [3.8, 4) is 5.75 Å². The van der Waals surface area contributed by atoms with Crippen LogP contribution in [0.15, 0.2) is 54.6 Å². The van der Waals surface area contributed by atoms with E-state index in [1.165, 1.54) is 0 Å². The minimum atomic E-state index is -0.672. The van der Waals surface area contributed by atoms with E-state index in [4.69, 9.17) is 0 Å². The summed E-state index contributed by atoms with van der Waals surface area (Å²) in [6.45, 7) is 2.86. The van der Waals surface area contributed by atoms with Crippen molar-refractivity contribution in [1.82, 2.24) is 4.90 Å². The molecule has 0 aromatic heterocycles. The van der Waals surface area contributed by atoms with Gasteiger partial charge in [0, 0.05) is 19.6 Å². The quantitative estimate of drug-likeness (QED) is 0.773. The van der Waals surface area contributed by atoms with Crippen LogP contribution >= 0.6 is 0 Å². The van der Waals surface area contributed by atoms with Gasteiger partial charge in [0.05, 0.1) is 11.7 Å². The molecular weight excluding hydrogens is 326 g/mol. The summed E-state index contributed by atoms with van der Waals surface area (Å²) in [6, 6.07) is 16.8. The van der Waals surface area contributed by atoms with E-state index < -0.39 is 11.7 Å². The van der Waals surface area contributed by atoms with Gasteiger partial charge in [-0.2, -0.15) is 0 Å². The van der Waals surface area contributed by atoms with Crippen LogP contribution in [0.1, 0.15) is 36.5 Å². The lowest BCUT2D eigenvalue weighted by atomic mass is 9.90. The van der Waals surface area contributed by atoms with Crippen molar-refractivity contribution in [2.45, 2.75) is 31.0 Å². The van der Waals surface area contributed by atoms with Crippen molar-refractivity contribution >= 4 is 0 Å². The van der Waals surface area contributed by atoms with Crippen molar-refractivity contribution in [2.75, 3.05) is 19.6 Å². The van der Waals surface area contributed by atoms with E-state index in [9.17, 15) is 15.3 Å². The summed E-state index contributed by atoms with van der Waals surface area (Å²) in [4.78, 5) is 2.42. The Kier molecular flexibility index (Phi) is 4.74. The van der Waals surface area contributed by atoms with Crippen LogP contribution in [0.4, 0.5) is 0 Å². The molecule has 2 aromatic carbocycles. The standard InChI is InChI=1S/C22H27NO3/c24-20-8-6-16(7-9-20)21(25)10-11-23-14-17-12-22(26,13-18(17)15-23)19-4-2-1-3-5-19/h1-9,17-18,21,24-26H,10-15H2/t17-,18+,21?,22?. The molecule has 0 bridgehead atoms. The topological polar surface area (TPSA) is 63.9 Å². The first kappa shape index (κ1) is 17.5. The van der Waals surface area contributed by atoms with Crippen LogP contribution in [0.5, 0.6) is 5.75 Å². The van der Waals surface area contributed by atoms with Crippen molar-refractivity contribution in [3.05, 3.63) is 65.7 Å². The van der Waals surface area contributed by atoms with Crippen LogP contribution in [0.2, 0.25) is 0 Å². The second-order valence-corrected chi connectivity index (χ2v) is 7.98. The zero-order valence-corrected chi connectivity index (χ0v) is 15.0. The monoisotopic (exact) mass is 353 g/mol. The number of nitrogens with zero attached hydrogens (tertiary/aromatic N) is 1. The predicted octanol–water partition coefficient (Wildman–Crippen LogP) is 3.05. The zero-order chi connectivity index (χ0) is 18.1. The molecule has 1 saturated carbocycles. The number of aromatic hydroxyl groups is 1. The molecule has 0 spiro atoms. The summed E-state index contributed by atoms with van der Waals surface area (Å²) in [7, 11) is 0.